The molecular weight excluding hydrogens is 226 g/mol. The maximum absolute atomic E-state index is 5.96. The minimum atomic E-state index is -0.0770. The maximum atomic E-state index is 5.96. The fourth-order valence-corrected chi connectivity index (χ4v) is 3.11. The Kier molecular flexibility index (Phi) is 4.46. The zero-order valence-electron chi connectivity index (χ0n) is 11.7. The monoisotopic (exact) mass is 251 g/mol. The van der Waals surface area contributed by atoms with E-state index in [2.05, 4.69) is 19.2 Å². The molecule has 1 heterocycles. The molecule has 0 saturated heterocycles. The van der Waals surface area contributed by atoms with Crippen molar-refractivity contribution >= 4 is 0 Å². The van der Waals surface area contributed by atoms with E-state index in [0.717, 1.165) is 25.3 Å². The van der Waals surface area contributed by atoms with E-state index < -0.39 is 0 Å². The Bertz CT molecular complexity index is 339. The molecule has 3 nitrogen and oxygen atoms in total. The molecule has 3 heteroatoms. The Labute approximate surface area is 110 Å². The number of ether oxygens (including phenoxy) is 1. The van der Waals surface area contributed by atoms with Crippen molar-refractivity contribution in [1.82, 2.24) is 5.32 Å². The first kappa shape index (κ1) is 13.6. The molecule has 0 amide bonds. The van der Waals surface area contributed by atoms with Crippen molar-refractivity contribution in [3.05, 3.63) is 24.2 Å². The average molecular weight is 251 g/mol. The first-order valence-electron chi connectivity index (χ1n) is 7.02. The zero-order valence-corrected chi connectivity index (χ0v) is 11.7. The first-order valence-corrected chi connectivity index (χ1v) is 7.02. The highest BCUT2D eigenvalue weighted by molar-refractivity contribution is 5.18. The lowest BCUT2D eigenvalue weighted by molar-refractivity contribution is -0.0758. The van der Waals surface area contributed by atoms with Gasteiger partial charge in [0.05, 0.1) is 24.2 Å². The SMILES string of the molecule is CCNC(c1ccoc1)C1(OC)CCC(C)CC1. The summed E-state index contributed by atoms with van der Waals surface area (Å²) in [6.45, 7) is 5.41. The number of methoxy groups -OCH3 is 1. The Hall–Kier alpha value is -0.800. The van der Waals surface area contributed by atoms with Crippen LogP contribution in [0.25, 0.3) is 0 Å². The Balaban J connectivity index is 2.21. The van der Waals surface area contributed by atoms with Gasteiger partial charge in [0.2, 0.25) is 0 Å². The lowest BCUT2D eigenvalue weighted by atomic mass is 9.73. The summed E-state index contributed by atoms with van der Waals surface area (Å²) in [6, 6.07) is 2.28. The van der Waals surface area contributed by atoms with E-state index in [9.17, 15) is 0 Å². The topological polar surface area (TPSA) is 34.4 Å². The van der Waals surface area contributed by atoms with Crippen LogP contribution in [0.15, 0.2) is 23.0 Å². The molecule has 0 radical (unpaired) electrons. The third-order valence-electron chi connectivity index (χ3n) is 4.34. The summed E-state index contributed by atoms with van der Waals surface area (Å²) in [5.74, 6) is 0.819. The largest absolute Gasteiger partial charge is 0.472 e. The lowest BCUT2D eigenvalue weighted by Crippen LogP contribution is -2.47. The molecule has 1 aromatic rings. The summed E-state index contributed by atoms with van der Waals surface area (Å²) in [7, 11) is 1.85. The molecule has 18 heavy (non-hydrogen) atoms. The van der Waals surface area contributed by atoms with Gasteiger partial charge in [0.25, 0.3) is 0 Å². The number of likely N-dealkylation sites (N-methyl/N-ethyl adjacent to an activating group) is 1. The molecule has 1 aliphatic carbocycles. The van der Waals surface area contributed by atoms with Gasteiger partial charge < -0.3 is 14.5 Å². The average Bonchev–Trinajstić information content (AvgIpc) is 2.91. The molecule has 0 aromatic carbocycles. The van der Waals surface area contributed by atoms with Crippen LogP contribution < -0.4 is 5.32 Å². The molecule has 1 aliphatic rings. The second kappa shape index (κ2) is 5.89. The van der Waals surface area contributed by atoms with E-state index >= 15 is 0 Å². The van der Waals surface area contributed by atoms with Gasteiger partial charge >= 0.3 is 0 Å². The number of rotatable bonds is 5. The van der Waals surface area contributed by atoms with Crippen molar-refractivity contribution < 1.29 is 9.15 Å². The summed E-state index contributed by atoms with van der Waals surface area (Å²) in [6.07, 6.45) is 8.31. The van der Waals surface area contributed by atoms with E-state index in [1.807, 2.05) is 19.4 Å². The lowest BCUT2D eigenvalue weighted by Gasteiger charge is -2.44. The molecule has 1 N–H and O–H groups in total. The molecule has 1 atom stereocenters. The van der Waals surface area contributed by atoms with Crippen molar-refractivity contribution in [2.45, 2.75) is 51.2 Å². The van der Waals surface area contributed by atoms with Crippen LogP contribution in [0.3, 0.4) is 0 Å². The van der Waals surface area contributed by atoms with Crippen LogP contribution in [0, 0.1) is 5.92 Å². The molecule has 0 aliphatic heterocycles. The van der Waals surface area contributed by atoms with Gasteiger partial charge in [-0.1, -0.05) is 13.8 Å². The van der Waals surface area contributed by atoms with Gasteiger partial charge in [-0.3, -0.25) is 0 Å². The summed E-state index contributed by atoms with van der Waals surface area (Å²) >= 11 is 0. The first-order chi connectivity index (χ1) is 8.72. The summed E-state index contributed by atoms with van der Waals surface area (Å²) < 4.78 is 11.2. The molecule has 1 fully saturated rings. The number of furan rings is 1. The Morgan fingerprint density at radius 2 is 2.22 bits per heavy atom. The zero-order chi connectivity index (χ0) is 13.0. The predicted molar refractivity (Wildman–Crippen MR) is 72.5 cm³/mol. The quantitative estimate of drug-likeness (QED) is 0.869. The number of hydrogen-bond acceptors (Lipinski definition) is 3. The highest BCUT2D eigenvalue weighted by atomic mass is 16.5. The standard InChI is InChI=1S/C15H25NO2/c1-4-16-14(13-7-10-18-11-13)15(17-3)8-5-12(2)6-9-15/h7,10-12,14,16H,4-6,8-9H2,1-3H3. The van der Waals surface area contributed by atoms with Crippen LogP contribution in [0.1, 0.15) is 51.1 Å². The third-order valence-corrected chi connectivity index (χ3v) is 4.34. The second-order valence-electron chi connectivity index (χ2n) is 5.50. The Morgan fingerprint density at radius 3 is 2.72 bits per heavy atom. The van der Waals surface area contributed by atoms with Crippen LogP contribution in [0.5, 0.6) is 0 Å². The summed E-state index contributed by atoms with van der Waals surface area (Å²) in [4.78, 5) is 0. The van der Waals surface area contributed by atoms with Crippen molar-refractivity contribution in [3.8, 4) is 0 Å². The second-order valence-corrected chi connectivity index (χ2v) is 5.50. The molecule has 0 bridgehead atoms. The molecular formula is C15H25NO2. The molecule has 0 spiro atoms. The van der Waals surface area contributed by atoms with Crippen LogP contribution in [0.2, 0.25) is 0 Å². The Morgan fingerprint density at radius 1 is 1.50 bits per heavy atom. The number of hydrogen-bond donors (Lipinski definition) is 1. The van der Waals surface area contributed by atoms with Gasteiger partial charge in [0.1, 0.15) is 0 Å². The van der Waals surface area contributed by atoms with E-state index in [4.69, 9.17) is 9.15 Å². The van der Waals surface area contributed by atoms with Gasteiger partial charge in [0.15, 0.2) is 0 Å². The van der Waals surface area contributed by atoms with Crippen LogP contribution >= 0.6 is 0 Å². The van der Waals surface area contributed by atoms with Crippen LogP contribution in [0.4, 0.5) is 0 Å². The van der Waals surface area contributed by atoms with Gasteiger partial charge in [-0.15, -0.1) is 0 Å². The molecule has 1 saturated carbocycles. The predicted octanol–water partition coefficient (Wildman–Crippen LogP) is 3.53. The van der Waals surface area contributed by atoms with E-state index in [-0.39, 0.29) is 11.6 Å². The highest BCUT2D eigenvalue weighted by Gasteiger charge is 2.42. The van der Waals surface area contributed by atoms with Gasteiger partial charge in [-0.2, -0.15) is 0 Å². The summed E-state index contributed by atoms with van der Waals surface area (Å²) in [5, 5.41) is 3.58. The molecule has 2 rings (SSSR count). The van der Waals surface area contributed by atoms with E-state index in [0.29, 0.717) is 0 Å². The third kappa shape index (κ3) is 2.62. The molecule has 102 valence electrons. The fourth-order valence-electron chi connectivity index (χ4n) is 3.11. The smallest absolute Gasteiger partial charge is 0.0951 e. The summed E-state index contributed by atoms with van der Waals surface area (Å²) in [5.41, 5.74) is 1.13. The van der Waals surface area contributed by atoms with Crippen molar-refractivity contribution in [1.29, 1.82) is 0 Å². The molecule has 1 aromatic heterocycles. The van der Waals surface area contributed by atoms with Gasteiger partial charge in [0, 0.05) is 12.7 Å². The van der Waals surface area contributed by atoms with Crippen LogP contribution in [-0.2, 0) is 4.74 Å². The minimum Gasteiger partial charge on any atom is -0.472 e. The number of nitrogens with one attached hydrogen (secondary N) is 1. The normalized spacial score (nSPS) is 30.3. The van der Waals surface area contributed by atoms with Crippen molar-refractivity contribution in [2.75, 3.05) is 13.7 Å². The minimum absolute atomic E-state index is 0.0770. The fraction of sp³-hybridized carbons (Fsp3) is 0.733. The highest BCUT2D eigenvalue weighted by Crippen LogP contribution is 2.42. The van der Waals surface area contributed by atoms with Crippen molar-refractivity contribution in [2.24, 2.45) is 5.92 Å². The van der Waals surface area contributed by atoms with Gasteiger partial charge in [-0.25, -0.2) is 0 Å². The van der Waals surface area contributed by atoms with Crippen LogP contribution in [-0.4, -0.2) is 19.3 Å². The van der Waals surface area contributed by atoms with Crippen molar-refractivity contribution in [3.63, 3.8) is 0 Å². The van der Waals surface area contributed by atoms with E-state index in [1.54, 1.807) is 6.26 Å². The van der Waals surface area contributed by atoms with Gasteiger partial charge in [-0.05, 0) is 44.2 Å². The maximum Gasteiger partial charge on any atom is 0.0951 e. The molecule has 1 unspecified atom stereocenters. The van der Waals surface area contributed by atoms with E-state index in [1.165, 1.54) is 18.4 Å².